The van der Waals surface area contributed by atoms with Crippen LogP contribution in [0.25, 0.3) is 0 Å². The minimum absolute atomic E-state index is 0.0412. The zero-order valence-electron chi connectivity index (χ0n) is 11.0. The highest BCUT2D eigenvalue weighted by Crippen LogP contribution is 2.15. The lowest BCUT2D eigenvalue weighted by Gasteiger charge is -2.06. The molecule has 1 rings (SSSR count). The van der Waals surface area contributed by atoms with Gasteiger partial charge in [-0.25, -0.2) is 0 Å². The van der Waals surface area contributed by atoms with Crippen LogP contribution in [0.15, 0.2) is 40.9 Å². The van der Waals surface area contributed by atoms with Crippen LogP contribution in [0.5, 0.6) is 0 Å². The number of hydrogen-bond donors (Lipinski definition) is 4. The second-order valence-electron chi connectivity index (χ2n) is 3.90. The van der Waals surface area contributed by atoms with Gasteiger partial charge in [0.1, 0.15) is 18.2 Å². The number of aliphatic carboxylic acids is 1. The topological polar surface area (TPSA) is 157 Å². The quantitative estimate of drug-likeness (QED) is 0.322. The molecule has 0 unspecified atom stereocenters. The van der Waals surface area contributed by atoms with Crippen molar-refractivity contribution < 1.29 is 27.7 Å². The summed E-state index contributed by atoms with van der Waals surface area (Å²) in [5.41, 5.74) is -0.363. The molecule has 0 saturated heterocycles. The smallest absolute Gasteiger partial charge is 0.322 e. The summed E-state index contributed by atoms with van der Waals surface area (Å²) in [7, 11) is -4.42. The Morgan fingerprint density at radius 1 is 1.36 bits per heavy atom. The van der Waals surface area contributed by atoms with E-state index in [0.717, 1.165) is 18.3 Å². The summed E-state index contributed by atoms with van der Waals surface area (Å²) in [6.45, 7) is -0.475. The molecule has 0 fully saturated rings. The Hall–Kier alpha value is -2.90. The van der Waals surface area contributed by atoms with Gasteiger partial charge in [0.15, 0.2) is 0 Å². The summed E-state index contributed by atoms with van der Waals surface area (Å²) in [6, 6.07) is 6.34. The number of nitrogens with zero attached hydrogens (tertiary/aromatic N) is 1. The molecule has 0 heterocycles. The lowest BCUT2D eigenvalue weighted by Crippen LogP contribution is -2.20. The van der Waals surface area contributed by atoms with Crippen LogP contribution < -0.4 is 10.6 Å². The van der Waals surface area contributed by atoms with Gasteiger partial charge in [-0.05, 0) is 18.2 Å². The number of carbonyl (C=O) groups is 2. The van der Waals surface area contributed by atoms with E-state index in [9.17, 15) is 18.0 Å². The summed E-state index contributed by atoms with van der Waals surface area (Å²) in [5, 5.41) is 21.8. The van der Waals surface area contributed by atoms with Crippen molar-refractivity contribution in [2.75, 3.05) is 11.9 Å². The van der Waals surface area contributed by atoms with E-state index in [2.05, 4.69) is 10.6 Å². The molecule has 1 amide bonds. The van der Waals surface area contributed by atoms with Gasteiger partial charge in [-0.1, -0.05) is 6.07 Å². The number of rotatable bonds is 6. The third kappa shape index (κ3) is 5.23. The fraction of sp³-hybridized carbons (Fsp3) is 0.0833. The van der Waals surface area contributed by atoms with Crippen LogP contribution in [0.4, 0.5) is 5.69 Å². The van der Waals surface area contributed by atoms with Gasteiger partial charge < -0.3 is 15.7 Å². The van der Waals surface area contributed by atoms with Crippen molar-refractivity contribution in [3.63, 3.8) is 0 Å². The molecule has 0 aromatic heterocycles. The molecule has 9 nitrogen and oxygen atoms in total. The van der Waals surface area contributed by atoms with Crippen molar-refractivity contribution in [2.45, 2.75) is 4.90 Å². The molecular formula is C12H11N3O6S. The van der Waals surface area contributed by atoms with E-state index in [1.807, 2.05) is 0 Å². The van der Waals surface area contributed by atoms with Crippen molar-refractivity contribution >= 4 is 27.7 Å². The molecule has 10 heteroatoms. The van der Waals surface area contributed by atoms with Crippen molar-refractivity contribution in [3.8, 4) is 6.07 Å². The van der Waals surface area contributed by atoms with E-state index in [0.29, 0.717) is 0 Å². The van der Waals surface area contributed by atoms with Crippen LogP contribution in [0.2, 0.25) is 0 Å². The number of amides is 1. The summed E-state index contributed by atoms with van der Waals surface area (Å²) in [4.78, 5) is 21.7. The lowest BCUT2D eigenvalue weighted by atomic mass is 10.2. The molecule has 1 aromatic rings. The highest BCUT2D eigenvalue weighted by Gasteiger charge is 2.13. The first kappa shape index (κ1) is 17.2. The maximum absolute atomic E-state index is 11.8. The zero-order chi connectivity index (χ0) is 16.8. The van der Waals surface area contributed by atoms with Crippen LogP contribution in [0.3, 0.4) is 0 Å². The van der Waals surface area contributed by atoms with Gasteiger partial charge in [0.05, 0.1) is 4.90 Å². The zero-order valence-corrected chi connectivity index (χ0v) is 11.8. The Kier molecular flexibility index (Phi) is 5.62. The molecule has 22 heavy (non-hydrogen) atoms. The Labute approximate surface area is 125 Å². The fourth-order valence-corrected chi connectivity index (χ4v) is 1.85. The predicted molar refractivity (Wildman–Crippen MR) is 74.2 cm³/mol. The van der Waals surface area contributed by atoms with E-state index in [1.165, 1.54) is 12.1 Å². The number of benzene rings is 1. The summed E-state index contributed by atoms with van der Waals surface area (Å²) in [6.07, 6.45) is 0.927. The fourth-order valence-electron chi connectivity index (χ4n) is 1.32. The van der Waals surface area contributed by atoms with Crippen molar-refractivity contribution in [1.29, 1.82) is 5.26 Å². The maximum Gasteiger partial charge on any atom is 0.322 e. The SMILES string of the molecule is N#C/C(=C/NCC(=O)O)C(=O)Nc1cccc(S(=O)(=O)O)c1. The monoisotopic (exact) mass is 325 g/mol. The average Bonchev–Trinajstić information content (AvgIpc) is 2.42. The molecule has 0 aliphatic rings. The molecule has 0 aliphatic heterocycles. The molecule has 4 N–H and O–H groups in total. The highest BCUT2D eigenvalue weighted by molar-refractivity contribution is 7.85. The van der Waals surface area contributed by atoms with E-state index in [1.54, 1.807) is 6.07 Å². The van der Waals surface area contributed by atoms with Crippen LogP contribution in [0.1, 0.15) is 0 Å². The third-order valence-electron chi connectivity index (χ3n) is 2.25. The first-order valence-electron chi connectivity index (χ1n) is 5.68. The van der Waals surface area contributed by atoms with Gasteiger partial charge in [0.2, 0.25) is 0 Å². The van der Waals surface area contributed by atoms with Crippen molar-refractivity contribution in [1.82, 2.24) is 5.32 Å². The first-order valence-corrected chi connectivity index (χ1v) is 7.12. The summed E-state index contributed by atoms with van der Waals surface area (Å²) >= 11 is 0. The maximum atomic E-state index is 11.8. The number of anilines is 1. The molecule has 0 spiro atoms. The highest BCUT2D eigenvalue weighted by atomic mass is 32.2. The average molecular weight is 325 g/mol. The van der Waals surface area contributed by atoms with Gasteiger partial charge in [0, 0.05) is 11.9 Å². The van der Waals surface area contributed by atoms with Crippen LogP contribution >= 0.6 is 0 Å². The molecule has 0 radical (unpaired) electrons. The Bertz CT molecular complexity index is 763. The number of nitriles is 1. The predicted octanol–water partition coefficient (Wildman–Crippen LogP) is -0.0465. The summed E-state index contributed by atoms with van der Waals surface area (Å²) in [5.74, 6) is -2.04. The van der Waals surface area contributed by atoms with E-state index in [-0.39, 0.29) is 5.69 Å². The number of carboxylic acids is 1. The molecule has 0 atom stereocenters. The molecule has 0 bridgehead atoms. The number of hydrogen-bond acceptors (Lipinski definition) is 6. The van der Waals surface area contributed by atoms with Crippen LogP contribution in [-0.4, -0.2) is 36.5 Å². The van der Waals surface area contributed by atoms with Gasteiger partial charge in [0.25, 0.3) is 16.0 Å². The second-order valence-corrected chi connectivity index (χ2v) is 5.32. The minimum Gasteiger partial charge on any atom is -0.480 e. The lowest BCUT2D eigenvalue weighted by molar-refractivity contribution is -0.135. The van der Waals surface area contributed by atoms with Gasteiger partial charge >= 0.3 is 5.97 Å². The Balaban J connectivity index is 2.88. The molecule has 0 saturated carbocycles. The normalized spacial score (nSPS) is 11.4. The van der Waals surface area contributed by atoms with Crippen LogP contribution in [0, 0.1) is 11.3 Å². The number of carbonyl (C=O) groups excluding carboxylic acids is 1. The second kappa shape index (κ2) is 7.21. The third-order valence-corrected chi connectivity index (χ3v) is 3.10. The summed E-state index contributed by atoms with van der Waals surface area (Å²) < 4.78 is 30.9. The van der Waals surface area contributed by atoms with Gasteiger partial charge in [-0.2, -0.15) is 13.7 Å². The number of nitrogens with one attached hydrogen (secondary N) is 2. The number of carboxylic acid groups (broad SMARTS) is 1. The Morgan fingerprint density at radius 3 is 2.59 bits per heavy atom. The van der Waals surface area contributed by atoms with Crippen molar-refractivity contribution in [3.05, 3.63) is 36.0 Å². The van der Waals surface area contributed by atoms with E-state index in [4.69, 9.17) is 14.9 Å². The van der Waals surface area contributed by atoms with Crippen molar-refractivity contribution in [2.24, 2.45) is 0 Å². The molecule has 0 aliphatic carbocycles. The van der Waals surface area contributed by atoms with Gasteiger partial charge in [-0.3, -0.25) is 14.1 Å². The van der Waals surface area contributed by atoms with E-state index < -0.39 is 39.0 Å². The Morgan fingerprint density at radius 2 is 2.05 bits per heavy atom. The first-order chi connectivity index (χ1) is 10.2. The minimum atomic E-state index is -4.42. The van der Waals surface area contributed by atoms with Gasteiger partial charge in [-0.15, -0.1) is 0 Å². The largest absolute Gasteiger partial charge is 0.480 e. The molecule has 116 valence electrons. The standard InChI is InChI=1S/C12H11N3O6S/c13-5-8(6-14-7-11(16)17)12(18)15-9-2-1-3-10(4-9)22(19,20)21/h1-4,6,14H,7H2,(H,15,18)(H,16,17)(H,19,20,21)/b8-6-. The molecular weight excluding hydrogens is 314 g/mol. The van der Waals surface area contributed by atoms with Crippen LogP contribution in [-0.2, 0) is 19.7 Å². The van der Waals surface area contributed by atoms with E-state index >= 15 is 0 Å². The molecule has 1 aromatic carbocycles.